The van der Waals surface area contributed by atoms with Gasteiger partial charge in [-0.05, 0) is 48.7 Å². The fourth-order valence-corrected chi connectivity index (χ4v) is 3.44. The van der Waals surface area contributed by atoms with Crippen LogP contribution in [-0.4, -0.2) is 27.7 Å². The first-order valence-electron chi connectivity index (χ1n) is 10.2. The van der Waals surface area contributed by atoms with E-state index < -0.39 is 23.8 Å². The number of aromatic nitrogens is 2. The summed E-state index contributed by atoms with van der Waals surface area (Å²) < 4.78 is 56.7. The van der Waals surface area contributed by atoms with Crippen LogP contribution in [0.1, 0.15) is 25.0 Å². The van der Waals surface area contributed by atoms with Crippen molar-refractivity contribution in [3.05, 3.63) is 58.4 Å². The van der Waals surface area contributed by atoms with Crippen molar-refractivity contribution in [1.82, 2.24) is 9.78 Å². The number of aryl methyl sites for hydroxylation is 2. The Bertz CT molecular complexity index is 1190. The lowest BCUT2D eigenvalue weighted by Gasteiger charge is -2.16. The second-order valence-electron chi connectivity index (χ2n) is 7.26. The van der Waals surface area contributed by atoms with E-state index in [1.54, 1.807) is 12.1 Å². The molecule has 0 N–H and O–H groups in total. The lowest BCUT2D eigenvalue weighted by Crippen LogP contribution is -2.20. The second kappa shape index (κ2) is 11.0. The van der Waals surface area contributed by atoms with Gasteiger partial charge in [0, 0.05) is 24.2 Å². The Morgan fingerprint density at radius 3 is 2.53 bits per heavy atom. The van der Waals surface area contributed by atoms with Gasteiger partial charge in [0.25, 0.3) is 5.24 Å². The molecule has 0 aliphatic rings. The van der Waals surface area contributed by atoms with Gasteiger partial charge in [-0.25, -0.2) is 9.07 Å². The molecule has 11 heteroatoms. The summed E-state index contributed by atoms with van der Waals surface area (Å²) in [7, 11) is 1.35. The predicted octanol–water partition coefficient (Wildman–Crippen LogP) is 6.16. The van der Waals surface area contributed by atoms with Crippen molar-refractivity contribution in [3.63, 3.8) is 0 Å². The molecule has 182 valence electrons. The summed E-state index contributed by atoms with van der Waals surface area (Å²) in [6.07, 6.45) is -0.0978. The van der Waals surface area contributed by atoms with Crippen molar-refractivity contribution in [1.29, 1.82) is 0 Å². The first-order valence-corrected chi connectivity index (χ1v) is 10.9. The first-order chi connectivity index (χ1) is 16.1. The van der Waals surface area contributed by atoms with E-state index >= 15 is 0 Å². The largest absolute Gasteiger partial charge is 0.489 e. The molecule has 34 heavy (non-hydrogen) atoms. The van der Waals surface area contributed by atoms with Crippen molar-refractivity contribution in [3.8, 4) is 28.6 Å². The zero-order valence-corrected chi connectivity index (χ0v) is 20.0. The van der Waals surface area contributed by atoms with E-state index in [4.69, 9.17) is 32.7 Å². The maximum absolute atomic E-state index is 14.8. The molecule has 2 aromatic carbocycles. The summed E-state index contributed by atoms with van der Waals surface area (Å²) in [5.74, 6) is -0.464. The molecule has 6 nitrogen and oxygen atoms in total. The predicted molar refractivity (Wildman–Crippen MR) is 121 cm³/mol. The Kier molecular flexibility index (Phi) is 8.33. The molecule has 0 fully saturated rings. The molecule has 0 saturated carbocycles. The van der Waals surface area contributed by atoms with Gasteiger partial charge in [0.2, 0.25) is 5.88 Å². The molecule has 1 unspecified atom stereocenters. The normalized spacial score (nSPS) is 12.0. The lowest BCUT2D eigenvalue weighted by atomic mass is 10.1. The van der Waals surface area contributed by atoms with Crippen LogP contribution in [0.5, 0.6) is 17.4 Å². The quantitative estimate of drug-likeness (QED) is 0.302. The molecular weight excluding hydrogens is 496 g/mol. The highest BCUT2D eigenvalue weighted by Crippen LogP contribution is 2.37. The monoisotopic (exact) mass is 516 g/mol. The average molecular weight is 517 g/mol. The van der Waals surface area contributed by atoms with Gasteiger partial charge in [0.1, 0.15) is 34.6 Å². The summed E-state index contributed by atoms with van der Waals surface area (Å²) in [5, 5.41) is 3.10. The molecule has 0 bridgehead atoms. The molecule has 0 radical (unpaired) electrons. The minimum absolute atomic E-state index is 0.0113. The smallest absolute Gasteiger partial charge is 0.388 e. The van der Waals surface area contributed by atoms with E-state index in [0.29, 0.717) is 11.3 Å². The molecular formula is C23H21Cl2F3N2O4. The van der Waals surface area contributed by atoms with Gasteiger partial charge in [-0.1, -0.05) is 30.7 Å². The molecule has 0 amide bonds. The van der Waals surface area contributed by atoms with Gasteiger partial charge in [-0.2, -0.15) is 13.9 Å². The topological polar surface area (TPSA) is 62.6 Å². The van der Waals surface area contributed by atoms with E-state index in [1.165, 1.54) is 26.1 Å². The lowest BCUT2D eigenvalue weighted by molar-refractivity contribution is -0.117. The van der Waals surface area contributed by atoms with Crippen LogP contribution in [-0.2, 0) is 24.9 Å². The first kappa shape index (κ1) is 25.7. The van der Waals surface area contributed by atoms with E-state index in [2.05, 4.69) is 9.84 Å². The van der Waals surface area contributed by atoms with Gasteiger partial charge in [0.15, 0.2) is 6.10 Å². The van der Waals surface area contributed by atoms with Crippen molar-refractivity contribution < 1.29 is 32.2 Å². The van der Waals surface area contributed by atoms with Gasteiger partial charge in [0.05, 0.1) is 0 Å². The highest BCUT2D eigenvalue weighted by Gasteiger charge is 2.22. The minimum Gasteiger partial charge on any atom is -0.489 e. The molecule has 0 aliphatic heterocycles. The van der Waals surface area contributed by atoms with E-state index in [0.717, 1.165) is 22.7 Å². The number of alkyl halides is 2. The SMILES string of the molecule is CCc1ccc(COc2ccc(-c3nn(C)c(OC(F)F)c3Cl)c(F)c2)c(OC(C)C(=O)Cl)c1. The van der Waals surface area contributed by atoms with Crippen LogP contribution in [0.25, 0.3) is 11.3 Å². The molecule has 0 saturated heterocycles. The van der Waals surface area contributed by atoms with Crippen molar-refractivity contribution in [2.24, 2.45) is 7.05 Å². The number of rotatable bonds is 10. The van der Waals surface area contributed by atoms with Crippen LogP contribution < -0.4 is 14.2 Å². The zero-order chi connectivity index (χ0) is 25.0. The summed E-state index contributed by atoms with van der Waals surface area (Å²) in [4.78, 5) is 11.4. The number of hydrogen-bond donors (Lipinski definition) is 0. The molecule has 3 rings (SSSR count). The minimum atomic E-state index is -3.10. The Morgan fingerprint density at radius 1 is 1.18 bits per heavy atom. The fourth-order valence-electron chi connectivity index (χ4n) is 3.09. The number of carbonyl (C=O) groups is 1. The number of carbonyl (C=O) groups excluding carboxylic acids is 1. The highest BCUT2D eigenvalue weighted by atomic mass is 35.5. The number of hydrogen-bond acceptors (Lipinski definition) is 5. The van der Waals surface area contributed by atoms with E-state index in [1.807, 2.05) is 13.0 Å². The Labute approximate surface area is 204 Å². The van der Waals surface area contributed by atoms with Gasteiger partial charge >= 0.3 is 6.61 Å². The summed E-state index contributed by atoms with van der Waals surface area (Å²) in [5.41, 5.74) is 1.57. The van der Waals surface area contributed by atoms with Crippen molar-refractivity contribution >= 4 is 28.4 Å². The van der Waals surface area contributed by atoms with Crippen LogP contribution in [0.4, 0.5) is 13.2 Å². The van der Waals surface area contributed by atoms with Gasteiger partial charge < -0.3 is 14.2 Å². The molecule has 1 heterocycles. The Hall–Kier alpha value is -2.91. The molecule has 1 atom stereocenters. The van der Waals surface area contributed by atoms with Crippen LogP contribution >= 0.6 is 23.2 Å². The second-order valence-corrected chi connectivity index (χ2v) is 8.01. The summed E-state index contributed by atoms with van der Waals surface area (Å²) in [6.45, 7) is 0.435. The van der Waals surface area contributed by atoms with Crippen LogP contribution in [0.2, 0.25) is 5.02 Å². The standard InChI is InChI=1S/C23H21Cl2F3N2O4/c1-4-13-5-6-14(18(9-13)33-12(2)21(25)31)11-32-15-7-8-16(17(26)10-15)20-19(24)22(30(3)29-20)34-23(27)28/h5-10,12,23H,4,11H2,1-3H3. The molecule has 3 aromatic rings. The highest BCUT2D eigenvalue weighted by molar-refractivity contribution is 6.64. The van der Waals surface area contributed by atoms with Gasteiger partial charge in [-0.15, -0.1) is 0 Å². The third-order valence-electron chi connectivity index (χ3n) is 4.89. The maximum atomic E-state index is 14.8. The Balaban J connectivity index is 1.80. The number of halogens is 5. The third kappa shape index (κ3) is 5.95. The van der Waals surface area contributed by atoms with Gasteiger partial charge in [-0.3, -0.25) is 4.79 Å². The number of benzene rings is 2. The molecule has 0 spiro atoms. The van der Waals surface area contributed by atoms with Crippen molar-refractivity contribution in [2.45, 2.75) is 39.6 Å². The molecule has 1 aromatic heterocycles. The summed E-state index contributed by atoms with van der Waals surface area (Å²) in [6, 6.07) is 9.47. The summed E-state index contributed by atoms with van der Waals surface area (Å²) >= 11 is 11.6. The molecule has 0 aliphatic carbocycles. The Morgan fingerprint density at radius 2 is 1.91 bits per heavy atom. The van der Waals surface area contributed by atoms with Crippen LogP contribution in [0.15, 0.2) is 36.4 Å². The van der Waals surface area contributed by atoms with E-state index in [-0.39, 0.29) is 34.5 Å². The number of nitrogens with zero attached hydrogens (tertiary/aromatic N) is 2. The van der Waals surface area contributed by atoms with Crippen molar-refractivity contribution in [2.75, 3.05) is 0 Å². The zero-order valence-electron chi connectivity index (χ0n) is 18.5. The third-order valence-corrected chi connectivity index (χ3v) is 5.54. The van der Waals surface area contributed by atoms with E-state index in [9.17, 15) is 18.0 Å². The van der Waals surface area contributed by atoms with Crippen LogP contribution in [0.3, 0.4) is 0 Å². The fraction of sp³-hybridized carbons (Fsp3) is 0.304. The number of ether oxygens (including phenoxy) is 3. The average Bonchev–Trinajstić information content (AvgIpc) is 3.05. The van der Waals surface area contributed by atoms with Crippen LogP contribution in [0, 0.1) is 5.82 Å². The maximum Gasteiger partial charge on any atom is 0.388 e.